The summed E-state index contributed by atoms with van der Waals surface area (Å²) in [6.07, 6.45) is -4.89. The number of halogens is 4. The van der Waals surface area contributed by atoms with Crippen LogP contribution in [0.4, 0.5) is 23.2 Å². The van der Waals surface area contributed by atoms with Crippen LogP contribution in [0, 0.1) is 5.82 Å². The van der Waals surface area contributed by atoms with Gasteiger partial charge in [0.05, 0.1) is 16.9 Å². The molecule has 2 fully saturated rings. The van der Waals surface area contributed by atoms with Crippen molar-refractivity contribution in [3.8, 4) is 0 Å². The van der Waals surface area contributed by atoms with E-state index in [0.717, 1.165) is 4.90 Å². The van der Waals surface area contributed by atoms with Crippen molar-refractivity contribution >= 4 is 24.2 Å². The molecule has 0 bridgehead atoms. The Balaban J connectivity index is 1.69. The number of benzene rings is 1. The number of piperazine rings is 1. The van der Waals surface area contributed by atoms with Crippen LogP contribution in [0.3, 0.4) is 0 Å². The van der Waals surface area contributed by atoms with Gasteiger partial charge >= 0.3 is 19.2 Å². The van der Waals surface area contributed by atoms with Gasteiger partial charge in [-0.3, -0.25) is 4.79 Å². The van der Waals surface area contributed by atoms with Crippen molar-refractivity contribution in [1.82, 2.24) is 4.90 Å². The van der Waals surface area contributed by atoms with Crippen LogP contribution >= 0.6 is 0 Å². The largest absolute Gasteiger partial charge is 0.494 e. The average Bonchev–Trinajstić information content (AvgIpc) is 2.81. The summed E-state index contributed by atoms with van der Waals surface area (Å²) < 4.78 is 64.1. The quantitative estimate of drug-likeness (QED) is 0.563. The number of rotatable bonds is 2. The van der Waals surface area contributed by atoms with Crippen molar-refractivity contribution in [2.24, 2.45) is 0 Å². The highest BCUT2D eigenvalue weighted by Crippen LogP contribution is 2.36. The average molecular weight is 402 g/mol. The zero-order chi connectivity index (χ0) is 20.9. The molecule has 28 heavy (non-hydrogen) atoms. The molecular weight excluding hydrogens is 379 g/mol. The number of nitrogens with zero attached hydrogens (tertiary/aromatic N) is 2. The minimum atomic E-state index is -4.89. The van der Waals surface area contributed by atoms with Gasteiger partial charge in [0.25, 0.3) is 0 Å². The molecule has 1 aromatic carbocycles. The lowest BCUT2D eigenvalue weighted by molar-refractivity contribution is -0.185. The molecule has 2 aliphatic heterocycles. The van der Waals surface area contributed by atoms with E-state index >= 15 is 0 Å². The van der Waals surface area contributed by atoms with Crippen molar-refractivity contribution in [2.45, 2.75) is 45.1 Å². The van der Waals surface area contributed by atoms with E-state index in [1.54, 1.807) is 17.0 Å². The summed E-state index contributed by atoms with van der Waals surface area (Å²) in [5.41, 5.74) is -0.285. The maximum absolute atomic E-state index is 14.7. The predicted octanol–water partition coefficient (Wildman–Crippen LogP) is 2.34. The van der Waals surface area contributed by atoms with E-state index in [2.05, 4.69) is 0 Å². The summed E-state index contributed by atoms with van der Waals surface area (Å²) in [4.78, 5) is 13.7. The maximum atomic E-state index is 14.7. The lowest BCUT2D eigenvalue weighted by Gasteiger charge is -2.36. The fraction of sp³-hybridized carbons (Fsp3) is 0.611. The van der Waals surface area contributed by atoms with Gasteiger partial charge in [-0.25, -0.2) is 4.39 Å². The molecule has 10 heteroatoms. The second-order valence-electron chi connectivity index (χ2n) is 8.08. The Labute approximate surface area is 161 Å². The van der Waals surface area contributed by atoms with E-state index < -0.39 is 36.2 Å². The summed E-state index contributed by atoms with van der Waals surface area (Å²) in [5, 5.41) is 0. The molecule has 1 aromatic rings. The van der Waals surface area contributed by atoms with Crippen LogP contribution in [0.2, 0.25) is 0 Å². The van der Waals surface area contributed by atoms with Crippen LogP contribution in [0.5, 0.6) is 0 Å². The van der Waals surface area contributed by atoms with E-state index in [4.69, 9.17) is 9.31 Å². The molecule has 0 N–H and O–H groups in total. The number of alkyl halides is 3. The molecule has 5 nitrogen and oxygen atoms in total. The molecule has 0 atom stereocenters. The normalized spacial score (nSPS) is 21.9. The highest BCUT2D eigenvalue weighted by Gasteiger charge is 2.51. The first-order chi connectivity index (χ1) is 12.8. The van der Waals surface area contributed by atoms with E-state index in [9.17, 15) is 22.4 Å². The molecule has 0 aliphatic carbocycles. The van der Waals surface area contributed by atoms with Crippen molar-refractivity contribution < 1.29 is 31.7 Å². The Hall–Kier alpha value is -1.81. The Morgan fingerprint density at radius 3 is 2.04 bits per heavy atom. The third kappa shape index (κ3) is 3.84. The molecule has 1 amide bonds. The molecule has 2 saturated heterocycles. The smallest absolute Gasteiger partial charge is 0.399 e. The van der Waals surface area contributed by atoms with Crippen LogP contribution in [0.15, 0.2) is 18.2 Å². The minimum Gasteiger partial charge on any atom is -0.399 e. The van der Waals surface area contributed by atoms with Crippen LogP contribution in [0.25, 0.3) is 0 Å². The molecule has 154 valence electrons. The minimum absolute atomic E-state index is 0.114. The zero-order valence-electron chi connectivity index (χ0n) is 16.3. The van der Waals surface area contributed by atoms with Gasteiger partial charge in [0.15, 0.2) is 0 Å². The van der Waals surface area contributed by atoms with Crippen molar-refractivity contribution in [3.05, 3.63) is 24.0 Å². The van der Waals surface area contributed by atoms with Gasteiger partial charge in [0.1, 0.15) is 5.82 Å². The topological polar surface area (TPSA) is 42.0 Å². The van der Waals surface area contributed by atoms with Crippen LogP contribution in [-0.4, -0.2) is 61.5 Å². The summed E-state index contributed by atoms with van der Waals surface area (Å²) >= 11 is 0. The second-order valence-corrected chi connectivity index (χ2v) is 8.08. The Morgan fingerprint density at radius 1 is 1.04 bits per heavy atom. The third-order valence-electron chi connectivity index (χ3n) is 5.65. The van der Waals surface area contributed by atoms with E-state index in [0.29, 0.717) is 5.46 Å². The fourth-order valence-electron chi connectivity index (χ4n) is 3.24. The number of hydrogen-bond acceptors (Lipinski definition) is 4. The zero-order valence-corrected chi connectivity index (χ0v) is 16.3. The summed E-state index contributed by atoms with van der Waals surface area (Å²) in [5.74, 6) is -2.37. The van der Waals surface area contributed by atoms with Crippen molar-refractivity contribution in [3.63, 3.8) is 0 Å². The van der Waals surface area contributed by atoms with Gasteiger partial charge in [-0.2, -0.15) is 13.2 Å². The van der Waals surface area contributed by atoms with Gasteiger partial charge in [-0.05, 0) is 45.3 Å². The monoisotopic (exact) mass is 402 g/mol. The molecule has 2 aliphatic rings. The van der Waals surface area contributed by atoms with E-state index in [1.165, 1.54) is 6.07 Å². The molecular formula is C18H23BF4N2O3. The first kappa shape index (κ1) is 20.9. The van der Waals surface area contributed by atoms with Crippen LogP contribution < -0.4 is 10.4 Å². The first-order valence-electron chi connectivity index (χ1n) is 9.08. The lowest BCUT2D eigenvalue weighted by atomic mass is 9.79. The second kappa shape index (κ2) is 6.91. The van der Waals surface area contributed by atoms with Crippen molar-refractivity contribution in [2.75, 3.05) is 31.1 Å². The van der Waals surface area contributed by atoms with Crippen LogP contribution in [-0.2, 0) is 14.1 Å². The number of amides is 1. The summed E-state index contributed by atoms with van der Waals surface area (Å²) in [7, 11) is -0.699. The summed E-state index contributed by atoms with van der Waals surface area (Å²) in [6.45, 7) is 7.62. The molecule has 0 spiro atoms. The SMILES string of the molecule is CC1(C)OB(c2ccc(N3CCN(C(=O)C(F)(F)F)CC3)c(F)c2)OC1(C)C. The number of anilines is 1. The highest BCUT2D eigenvalue weighted by atomic mass is 19.4. The van der Waals surface area contributed by atoms with Gasteiger partial charge in [-0.1, -0.05) is 6.07 Å². The maximum Gasteiger partial charge on any atom is 0.494 e. The molecule has 0 radical (unpaired) electrons. The Bertz CT molecular complexity index is 746. The van der Waals surface area contributed by atoms with Crippen LogP contribution in [0.1, 0.15) is 27.7 Å². The molecule has 2 heterocycles. The van der Waals surface area contributed by atoms with Gasteiger partial charge in [-0.15, -0.1) is 0 Å². The molecule has 0 saturated carbocycles. The van der Waals surface area contributed by atoms with Crippen molar-refractivity contribution in [1.29, 1.82) is 0 Å². The highest BCUT2D eigenvalue weighted by molar-refractivity contribution is 6.62. The number of carbonyl (C=O) groups is 1. The first-order valence-corrected chi connectivity index (χ1v) is 9.08. The number of carbonyl (C=O) groups excluding carboxylic acids is 1. The van der Waals surface area contributed by atoms with Gasteiger partial charge < -0.3 is 19.1 Å². The third-order valence-corrected chi connectivity index (χ3v) is 5.65. The fourth-order valence-corrected chi connectivity index (χ4v) is 3.24. The standard InChI is InChI=1S/C18H23BF4N2O3/c1-16(2)17(3,4)28-19(27-16)12-5-6-14(13(20)11-12)24-7-9-25(10-8-24)15(26)18(21,22)23/h5-6,11H,7-10H2,1-4H3. The lowest BCUT2D eigenvalue weighted by Crippen LogP contribution is -2.52. The van der Waals surface area contributed by atoms with E-state index in [1.807, 2.05) is 27.7 Å². The molecule has 3 rings (SSSR count). The summed E-state index contributed by atoms with van der Waals surface area (Å²) in [6, 6.07) is 4.58. The number of hydrogen-bond donors (Lipinski definition) is 0. The van der Waals surface area contributed by atoms with E-state index in [-0.39, 0.29) is 31.9 Å². The Kier molecular flexibility index (Phi) is 5.16. The molecule has 0 unspecified atom stereocenters. The Morgan fingerprint density at radius 2 is 1.57 bits per heavy atom. The predicted molar refractivity (Wildman–Crippen MR) is 97.0 cm³/mol. The molecule has 0 aromatic heterocycles. The van der Waals surface area contributed by atoms with Gasteiger partial charge in [0.2, 0.25) is 0 Å². The van der Waals surface area contributed by atoms with Gasteiger partial charge in [0, 0.05) is 26.2 Å².